The van der Waals surface area contributed by atoms with Gasteiger partial charge < -0.3 is 14.7 Å². The molecule has 0 aliphatic carbocycles. The summed E-state index contributed by atoms with van der Waals surface area (Å²) in [6.45, 7) is 7.42. The first kappa shape index (κ1) is 16.6. The molecule has 4 nitrogen and oxygen atoms in total. The highest BCUT2D eigenvalue weighted by molar-refractivity contribution is 6.32. The summed E-state index contributed by atoms with van der Waals surface area (Å²) < 4.78 is 5.73. The van der Waals surface area contributed by atoms with Crippen molar-refractivity contribution in [3.63, 3.8) is 0 Å². The third-order valence-corrected chi connectivity index (χ3v) is 4.16. The third-order valence-electron chi connectivity index (χ3n) is 3.85. The van der Waals surface area contributed by atoms with Crippen molar-refractivity contribution in [2.75, 3.05) is 52.5 Å². The van der Waals surface area contributed by atoms with Crippen LogP contribution in [0.4, 0.5) is 0 Å². The number of unbranched alkanes of at least 4 members (excludes halogenated alkanes) is 1. The Morgan fingerprint density at radius 2 is 1.67 bits per heavy atom. The lowest BCUT2D eigenvalue weighted by Gasteiger charge is -2.34. The van der Waals surface area contributed by atoms with E-state index in [2.05, 4.69) is 9.80 Å². The van der Waals surface area contributed by atoms with E-state index in [1.807, 2.05) is 24.3 Å². The van der Waals surface area contributed by atoms with E-state index in [0.717, 1.165) is 57.9 Å². The normalized spacial score (nSPS) is 17.0. The minimum Gasteiger partial charge on any atom is -0.491 e. The van der Waals surface area contributed by atoms with Crippen LogP contribution < -0.4 is 4.74 Å². The van der Waals surface area contributed by atoms with Crippen LogP contribution in [0, 0.1) is 0 Å². The molecule has 21 heavy (non-hydrogen) atoms. The molecule has 1 aliphatic rings. The highest BCUT2D eigenvalue weighted by Gasteiger charge is 2.16. The zero-order valence-electron chi connectivity index (χ0n) is 12.5. The molecule has 0 unspecified atom stereocenters. The van der Waals surface area contributed by atoms with Crippen LogP contribution in [0.5, 0.6) is 5.75 Å². The number of hydrogen-bond acceptors (Lipinski definition) is 4. The van der Waals surface area contributed by atoms with Crippen LogP contribution in [-0.2, 0) is 0 Å². The van der Waals surface area contributed by atoms with E-state index >= 15 is 0 Å². The maximum Gasteiger partial charge on any atom is 0.137 e. The van der Waals surface area contributed by atoms with Gasteiger partial charge in [0.15, 0.2) is 0 Å². The lowest BCUT2D eigenvalue weighted by molar-refractivity contribution is 0.114. The fourth-order valence-electron chi connectivity index (χ4n) is 2.53. The Balaban J connectivity index is 1.60. The zero-order valence-corrected chi connectivity index (χ0v) is 13.3. The Hall–Kier alpha value is -0.810. The highest BCUT2D eigenvalue weighted by atomic mass is 35.5. The SMILES string of the molecule is OCCCCN1CCN(CCOc2ccccc2Cl)CC1. The number of rotatable bonds is 8. The quantitative estimate of drug-likeness (QED) is 0.746. The van der Waals surface area contributed by atoms with Crippen molar-refractivity contribution >= 4 is 11.6 Å². The van der Waals surface area contributed by atoms with Crippen molar-refractivity contribution in [2.45, 2.75) is 12.8 Å². The van der Waals surface area contributed by atoms with Gasteiger partial charge in [-0.2, -0.15) is 0 Å². The lowest BCUT2D eigenvalue weighted by atomic mass is 10.2. The molecular weight excluding hydrogens is 288 g/mol. The summed E-state index contributed by atoms with van der Waals surface area (Å²) in [5.41, 5.74) is 0. The van der Waals surface area contributed by atoms with Crippen LogP contribution in [0.2, 0.25) is 5.02 Å². The summed E-state index contributed by atoms with van der Waals surface area (Å²) in [4.78, 5) is 4.90. The largest absolute Gasteiger partial charge is 0.491 e. The molecular formula is C16H25ClN2O2. The van der Waals surface area contributed by atoms with Gasteiger partial charge in [-0.3, -0.25) is 4.90 Å². The smallest absolute Gasteiger partial charge is 0.137 e. The van der Waals surface area contributed by atoms with Gasteiger partial charge in [-0.15, -0.1) is 0 Å². The van der Waals surface area contributed by atoms with E-state index in [9.17, 15) is 0 Å². The van der Waals surface area contributed by atoms with Crippen LogP contribution >= 0.6 is 11.6 Å². The summed E-state index contributed by atoms with van der Waals surface area (Å²) in [6.07, 6.45) is 2.00. The van der Waals surface area contributed by atoms with Crippen molar-refractivity contribution in [1.82, 2.24) is 9.80 Å². The van der Waals surface area contributed by atoms with Gasteiger partial charge in [-0.05, 0) is 31.5 Å². The van der Waals surface area contributed by atoms with Gasteiger partial charge in [0.1, 0.15) is 12.4 Å². The topological polar surface area (TPSA) is 35.9 Å². The van der Waals surface area contributed by atoms with Crippen LogP contribution in [0.15, 0.2) is 24.3 Å². The maximum absolute atomic E-state index is 8.80. The van der Waals surface area contributed by atoms with Crippen molar-refractivity contribution in [3.05, 3.63) is 29.3 Å². The molecule has 0 radical (unpaired) electrons. The minimum absolute atomic E-state index is 0.305. The van der Waals surface area contributed by atoms with E-state index in [0.29, 0.717) is 18.2 Å². The van der Waals surface area contributed by atoms with Crippen molar-refractivity contribution in [3.8, 4) is 5.75 Å². The lowest BCUT2D eigenvalue weighted by Crippen LogP contribution is -2.47. The highest BCUT2D eigenvalue weighted by Crippen LogP contribution is 2.22. The third kappa shape index (κ3) is 5.83. The maximum atomic E-state index is 8.80. The molecule has 0 saturated carbocycles. The fourth-order valence-corrected chi connectivity index (χ4v) is 2.72. The molecule has 1 fully saturated rings. The summed E-state index contributed by atoms with van der Waals surface area (Å²) in [6, 6.07) is 7.60. The van der Waals surface area contributed by atoms with Crippen molar-refractivity contribution < 1.29 is 9.84 Å². The molecule has 0 atom stereocenters. The predicted octanol–water partition coefficient (Wildman–Crippen LogP) is 2.11. The van der Waals surface area contributed by atoms with Gasteiger partial charge in [0.2, 0.25) is 0 Å². The van der Waals surface area contributed by atoms with E-state index in [1.54, 1.807) is 0 Å². The first-order valence-electron chi connectivity index (χ1n) is 7.72. The Bertz CT molecular complexity index is 409. The molecule has 1 N–H and O–H groups in total. The number of nitrogens with zero attached hydrogens (tertiary/aromatic N) is 2. The van der Waals surface area contributed by atoms with Crippen LogP contribution in [0.25, 0.3) is 0 Å². The first-order valence-corrected chi connectivity index (χ1v) is 8.10. The van der Waals surface area contributed by atoms with Gasteiger partial charge in [-0.1, -0.05) is 23.7 Å². The molecule has 1 aromatic carbocycles. The second-order valence-electron chi connectivity index (χ2n) is 5.39. The van der Waals surface area contributed by atoms with Crippen molar-refractivity contribution in [2.24, 2.45) is 0 Å². The predicted molar refractivity (Wildman–Crippen MR) is 86.1 cm³/mol. The molecule has 0 amide bonds. The molecule has 5 heteroatoms. The Morgan fingerprint density at radius 1 is 1.00 bits per heavy atom. The van der Waals surface area contributed by atoms with Gasteiger partial charge in [0, 0.05) is 39.3 Å². The van der Waals surface area contributed by atoms with Gasteiger partial charge in [0.25, 0.3) is 0 Å². The molecule has 0 spiro atoms. The Kier molecular flexibility index (Phi) is 7.30. The van der Waals surface area contributed by atoms with Gasteiger partial charge >= 0.3 is 0 Å². The minimum atomic E-state index is 0.305. The summed E-state index contributed by atoms with van der Waals surface area (Å²) >= 11 is 6.06. The molecule has 0 bridgehead atoms. The van der Waals surface area contributed by atoms with Crippen LogP contribution in [-0.4, -0.2) is 67.4 Å². The number of halogens is 1. The molecule has 1 aromatic rings. The second-order valence-corrected chi connectivity index (χ2v) is 5.80. The number of para-hydroxylation sites is 1. The molecule has 0 aromatic heterocycles. The number of benzene rings is 1. The molecule has 2 rings (SSSR count). The summed E-state index contributed by atoms with van der Waals surface area (Å²) in [7, 11) is 0. The number of piperazine rings is 1. The van der Waals surface area contributed by atoms with E-state index in [-0.39, 0.29) is 0 Å². The average molecular weight is 313 g/mol. The number of ether oxygens (including phenoxy) is 1. The van der Waals surface area contributed by atoms with E-state index in [1.165, 1.54) is 0 Å². The standard InChI is InChI=1S/C16H25ClN2O2/c17-15-5-1-2-6-16(15)21-14-12-19-10-8-18(9-11-19)7-3-4-13-20/h1-2,5-6,20H,3-4,7-14H2. The Morgan fingerprint density at radius 3 is 2.33 bits per heavy atom. The molecule has 118 valence electrons. The summed E-state index contributed by atoms with van der Waals surface area (Å²) in [5, 5.41) is 9.47. The molecule has 1 heterocycles. The summed E-state index contributed by atoms with van der Waals surface area (Å²) in [5.74, 6) is 0.766. The van der Waals surface area contributed by atoms with Crippen LogP contribution in [0.3, 0.4) is 0 Å². The monoisotopic (exact) mass is 312 g/mol. The average Bonchev–Trinajstić information content (AvgIpc) is 2.51. The second kappa shape index (κ2) is 9.26. The number of aliphatic hydroxyl groups excluding tert-OH is 1. The van der Waals surface area contributed by atoms with Gasteiger partial charge in [0.05, 0.1) is 5.02 Å². The number of hydrogen-bond donors (Lipinski definition) is 1. The number of aliphatic hydroxyl groups is 1. The van der Waals surface area contributed by atoms with E-state index in [4.69, 9.17) is 21.4 Å². The van der Waals surface area contributed by atoms with Crippen LogP contribution in [0.1, 0.15) is 12.8 Å². The van der Waals surface area contributed by atoms with Gasteiger partial charge in [-0.25, -0.2) is 0 Å². The van der Waals surface area contributed by atoms with Crippen molar-refractivity contribution in [1.29, 1.82) is 0 Å². The Labute approximate surface area is 132 Å². The fraction of sp³-hybridized carbons (Fsp3) is 0.625. The van der Waals surface area contributed by atoms with E-state index < -0.39 is 0 Å². The molecule has 1 saturated heterocycles. The zero-order chi connectivity index (χ0) is 14.9. The molecule has 1 aliphatic heterocycles. The first-order chi connectivity index (χ1) is 10.3.